The fourth-order valence-corrected chi connectivity index (χ4v) is 2.89. The molecule has 1 N–H and O–H groups in total. The summed E-state index contributed by atoms with van der Waals surface area (Å²) >= 11 is 0. The molecule has 0 aliphatic carbocycles. The summed E-state index contributed by atoms with van der Waals surface area (Å²) in [7, 11) is 0. The summed E-state index contributed by atoms with van der Waals surface area (Å²) in [6.07, 6.45) is 7.30. The molecule has 5 heteroatoms. The smallest absolute Gasteiger partial charge is 0.335 e. The minimum Gasteiger partial charge on any atom is -0.487 e. The largest absolute Gasteiger partial charge is 0.487 e. The van der Waals surface area contributed by atoms with Crippen molar-refractivity contribution in [1.82, 2.24) is 4.57 Å². The van der Waals surface area contributed by atoms with Crippen LogP contribution >= 0.6 is 0 Å². The van der Waals surface area contributed by atoms with E-state index in [1.54, 1.807) is 12.3 Å². The highest BCUT2D eigenvalue weighted by Crippen LogP contribution is 2.36. The molecule has 0 atom stereocenters. The van der Waals surface area contributed by atoms with Gasteiger partial charge in [-0.15, -0.1) is 0 Å². The second-order valence-corrected chi connectivity index (χ2v) is 5.11. The van der Waals surface area contributed by atoms with Crippen molar-refractivity contribution in [2.75, 3.05) is 6.61 Å². The summed E-state index contributed by atoms with van der Waals surface area (Å²) in [5.41, 5.74) is 2.46. The van der Waals surface area contributed by atoms with Crippen LogP contribution in [0.4, 0.5) is 0 Å². The van der Waals surface area contributed by atoms with Gasteiger partial charge in [-0.3, -0.25) is 4.79 Å². The van der Waals surface area contributed by atoms with E-state index in [1.165, 1.54) is 6.07 Å². The highest BCUT2D eigenvalue weighted by atomic mass is 16.5. The topological polar surface area (TPSA) is 68.5 Å². The number of carbonyl (C=O) groups is 1. The molecule has 5 nitrogen and oxygen atoms in total. The number of aliphatic carboxylic acids is 1. The third-order valence-electron chi connectivity index (χ3n) is 3.83. The summed E-state index contributed by atoms with van der Waals surface area (Å²) in [5.74, 6) is -0.524. The van der Waals surface area contributed by atoms with Crippen molar-refractivity contribution in [3.63, 3.8) is 0 Å². The molecule has 0 spiro atoms. The average Bonchev–Trinajstić information content (AvgIpc) is 2.49. The van der Waals surface area contributed by atoms with E-state index in [1.807, 2.05) is 22.8 Å². The van der Waals surface area contributed by atoms with Gasteiger partial charge in [0.15, 0.2) is 5.43 Å². The monoisotopic (exact) mass is 281 g/mol. The number of carboxylic acids is 1. The minimum atomic E-state index is -1.00. The number of nitrogens with zero attached hydrogens (tertiary/aromatic N) is 1. The Kier molecular flexibility index (Phi) is 2.33. The van der Waals surface area contributed by atoms with Crippen LogP contribution in [0.15, 0.2) is 34.8 Å². The van der Waals surface area contributed by atoms with Gasteiger partial charge in [0.1, 0.15) is 12.4 Å². The summed E-state index contributed by atoms with van der Waals surface area (Å²) in [4.78, 5) is 23.3. The van der Waals surface area contributed by atoms with Crippen molar-refractivity contribution in [3.05, 3.63) is 51.3 Å². The lowest BCUT2D eigenvalue weighted by molar-refractivity contribution is -0.132. The zero-order chi connectivity index (χ0) is 14.6. The molecule has 1 aromatic heterocycles. The summed E-state index contributed by atoms with van der Waals surface area (Å²) in [6, 6.07) is 3.39. The molecule has 2 aliphatic rings. The zero-order valence-electron chi connectivity index (χ0n) is 11.0. The van der Waals surface area contributed by atoms with Crippen LogP contribution in [0.2, 0.25) is 0 Å². The molecule has 0 amide bonds. The highest BCUT2D eigenvalue weighted by Gasteiger charge is 2.23. The van der Waals surface area contributed by atoms with Crippen LogP contribution in [-0.4, -0.2) is 22.2 Å². The van der Waals surface area contributed by atoms with Crippen LogP contribution in [0.3, 0.4) is 0 Å². The molecule has 0 saturated carbocycles. The van der Waals surface area contributed by atoms with E-state index >= 15 is 0 Å². The van der Waals surface area contributed by atoms with Gasteiger partial charge < -0.3 is 14.4 Å². The van der Waals surface area contributed by atoms with Crippen molar-refractivity contribution in [2.24, 2.45) is 0 Å². The molecule has 104 valence electrons. The number of fused-ring (bicyclic) bond motifs is 2. The third-order valence-corrected chi connectivity index (χ3v) is 3.83. The predicted octanol–water partition coefficient (Wildman–Crippen LogP) is 1.89. The van der Waals surface area contributed by atoms with Crippen molar-refractivity contribution in [1.29, 1.82) is 0 Å². The standard InChI is InChI=1S/C16H11NO4/c18-12-3-5-17-4-1-2-9-6-10-7-11(16(19)20)8-21-15(10)13(12)14(9)17/h1-3,5-7H,4,8H2,(H,19,20). The van der Waals surface area contributed by atoms with Gasteiger partial charge >= 0.3 is 5.97 Å². The van der Waals surface area contributed by atoms with Crippen molar-refractivity contribution in [2.45, 2.75) is 6.54 Å². The number of hydrogen-bond donors (Lipinski definition) is 1. The van der Waals surface area contributed by atoms with E-state index in [0.717, 1.165) is 11.1 Å². The van der Waals surface area contributed by atoms with Gasteiger partial charge in [0.25, 0.3) is 0 Å². The molecule has 1 aromatic carbocycles. The lowest BCUT2D eigenvalue weighted by atomic mass is 9.98. The number of rotatable bonds is 1. The van der Waals surface area contributed by atoms with Gasteiger partial charge in [-0.1, -0.05) is 12.2 Å². The van der Waals surface area contributed by atoms with Crippen LogP contribution in [0, 0.1) is 0 Å². The number of aromatic nitrogens is 1. The van der Waals surface area contributed by atoms with Gasteiger partial charge in [-0.05, 0) is 17.7 Å². The Hall–Kier alpha value is -2.82. The Morgan fingerprint density at radius 1 is 1.33 bits per heavy atom. The molecule has 0 unspecified atom stereocenters. The van der Waals surface area contributed by atoms with E-state index in [0.29, 0.717) is 23.2 Å². The SMILES string of the molecule is O=C(O)C1=Cc2cc3c4c(c2OC1)c(=O)ccn4CC=C3. The first-order valence-electron chi connectivity index (χ1n) is 6.58. The maximum Gasteiger partial charge on any atom is 0.335 e. The summed E-state index contributed by atoms with van der Waals surface area (Å²) in [5, 5.41) is 9.61. The first-order valence-corrected chi connectivity index (χ1v) is 6.58. The molecular weight excluding hydrogens is 270 g/mol. The van der Waals surface area contributed by atoms with E-state index in [9.17, 15) is 9.59 Å². The maximum absolute atomic E-state index is 12.3. The summed E-state index contributed by atoms with van der Waals surface area (Å²) < 4.78 is 7.58. The van der Waals surface area contributed by atoms with Crippen LogP contribution in [0.25, 0.3) is 23.1 Å². The molecule has 4 rings (SSSR count). The number of allylic oxidation sites excluding steroid dienone is 1. The summed E-state index contributed by atoms with van der Waals surface area (Å²) in [6.45, 7) is 0.680. The highest BCUT2D eigenvalue weighted by molar-refractivity contribution is 6.00. The Morgan fingerprint density at radius 2 is 2.19 bits per heavy atom. The number of benzene rings is 1. The van der Waals surface area contributed by atoms with Crippen molar-refractivity contribution < 1.29 is 14.6 Å². The van der Waals surface area contributed by atoms with Crippen LogP contribution < -0.4 is 10.2 Å². The predicted molar refractivity (Wildman–Crippen MR) is 78.3 cm³/mol. The molecule has 2 aliphatic heterocycles. The van der Waals surface area contributed by atoms with Gasteiger partial charge in [-0.25, -0.2) is 4.79 Å². The molecule has 0 radical (unpaired) electrons. The maximum atomic E-state index is 12.3. The molecular formula is C16H11NO4. The zero-order valence-corrected chi connectivity index (χ0v) is 11.0. The van der Waals surface area contributed by atoms with Gasteiger partial charge in [-0.2, -0.15) is 0 Å². The van der Waals surface area contributed by atoms with Gasteiger partial charge in [0, 0.05) is 24.4 Å². The van der Waals surface area contributed by atoms with E-state index < -0.39 is 5.97 Å². The first kappa shape index (κ1) is 12.0. The van der Waals surface area contributed by atoms with Crippen LogP contribution in [-0.2, 0) is 11.3 Å². The fourth-order valence-electron chi connectivity index (χ4n) is 2.89. The van der Waals surface area contributed by atoms with Crippen molar-refractivity contribution in [3.8, 4) is 5.75 Å². The average molecular weight is 281 g/mol. The molecule has 0 fully saturated rings. The number of carboxylic acid groups (broad SMARTS) is 1. The molecule has 0 saturated heterocycles. The Labute approximate surface area is 119 Å². The normalized spacial score (nSPS) is 15.3. The quantitative estimate of drug-likeness (QED) is 0.866. The van der Waals surface area contributed by atoms with E-state index in [-0.39, 0.29) is 17.6 Å². The molecule has 2 aromatic rings. The number of ether oxygens (including phenoxy) is 1. The molecule has 21 heavy (non-hydrogen) atoms. The second kappa shape index (κ2) is 4.09. The van der Waals surface area contributed by atoms with Crippen molar-refractivity contribution >= 4 is 29.0 Å². The Bertz CT molecular complexity index is 918. The van der Waals surface area contributed by atoms with Gasteiger partial charge in [0.2, 0.25) is 0 Å². The lowest BCUT2D eigenvalue weighted by Crippen LogP contribution is -2.18. The second-order valence-electron chi connectivity index (χ2n) is 5.11. The van der Waals surface area contributed by atoms with E-state index in [2.05, 4.69) is 0 Å². The number of hydrogen-bond acceptors (Lipinski definition) is 3. The van der Waals surface area contributed by atoms with Gasteiger partial charge in [0.05, 0.1) is 16.5 Å². The Morgan fingerprint density at radius 3 is 3.00 bits per heavy atom. The number of pyridine rings is 1. The lowest BCUT2D eigenvalue weighted by Gasteiger charge is -2.22. The minimum absolute atomic E-state index is 0.0268. The first-order chi connectivity index (χ1) is 10.1. The third kappa shape index (κ3) is 1.64. The molecule has 3 heterocycles. The molecule has 0 bridgehead atoms. The Balaban J connectivity index is 2.14. The fraction of sp³-hybridized carbons (Fsp3) is 0.125. The van der Waals surface area contributed by atoms with Crippen LogP contribution in [0.1, 0.15) is 11.1 Å². The van der Waals surface area contributed by atoms with Crippen LogP contribution in [0.5, 0.6) is 5.75 Å². The van der Waals surface area contributed by atoms with E-state index in [4.69, 9.17) is 9.84 Å².